The summed E-state index contributed by atoms with van der Waals surface area (Å²) in [7, 11) is 0. The van der Waals surface area contributed by atoms with Gasteiger partial charge in [0.05, 0.1) is 18.2 Å². The van der Waals surface area contributed by atoms with Crippen molar-refractivity contribution in [2.45, 2.75) is 51.4 Å². The fraction of sp³-hybridized carbons (Fsp3) is 0.733. The molecule has 1 saturated heterocycles. The fourth-order valence-electron chi connectivity index (χ4n) is 2.50. The van der Waals surface area contributed by atoms with Crippen LogP contribution in [0.2, 0.25) is 0 Å². The SMILES string of the molecule is C[C@H]1C[C@@H](CO)[C@](N)(c2nc(NC(=O)OC(C)(C)C)cs2)CO1. The van der Waals surface area contributed by atoms with Gasteiger partial charge < -0.3 is 20.3 Å². The molecular formula is C15H25N3O4S. The molecule has 1 aromatic heterocycles. The molecule has 0 unspecified atom stereocenters. The van der Waals surface area contributed by atoms with Crippen molar-refractivity contribution in [1.29, 1.82) is 0 Å². The van der Waals surface area contributed by atoms with Crippen LogP contribution in [-0.2, 0) is 15.0 Å². The maximum absolute atomic E-state index is 11.8. The molecule has 0 spiro atoms. The van der Waals surface area contributed by atoms with Crippen molar-refractivity contribution in [3.8, 4) is 0 Å². The second-order valence-electron chi connectivity index (χ2n) is 6.94. The number of hydrogen-bond donors (Lipinski definition) is 3. The molecule has 1 aliphatic rings. The summed E-state index contributed by atoms with van der Waals surface area (Å²) >= 11 is 1.34. The van der Waals surface area contributed by atoms with Gasteiger partial charge in [-0.25, -0.2) is 9.78 Å². The molecule has 0 aromatic carbocycles. The van der Waals surface area contributed by atoms with E-state index in [0.717, 1.165) is 0 Å². The zero-order valence-corrected chi connectivity index (χ0v) is 14.8. The van der Waals surface area contributed by atoms with Crippen LogP contribution in [0.4, 0.5) is 10.6 Å². The number of nitrogens with one attached hydrogen (secondary N) is 1. The van der Waals surface area contributed by atoms with Crippen molar-refractivity contribution in [2.75, 3.05) is 18.5 Å². The molecule has 0 aliphatic carbocycles. The smallest absolute Gasteiger partial charge is 0.413 e. The molecule has 2 heterocycles. The van der Waals surface area contributed by atoms with Crippen LogP contribution in [0, 0.1) is 5.92 Å². The molecule has 3 atom stereocenters. The Morgan fingerprint density at radius 3 is 2.96 bits per heavy atom. The second kappa shape index (κ2) is 6.72. The van der Waals surface area contributed by atoms with E-state index in [9.17, 15) is 9.90 Å². The lowest BCUT2D eigenvalue weighted by Crippen LogP contribution is -2.54. The molecule has 0 saturated carbocycles. The highest BCUT2D eigenvalue weighted by molar-refractivity contribution is 7.10. The van der Waals surface area contributed by atoms with E-state index in [4.69, 9.17) is 15.2 Å². The summed E-state index contributed by atoms with van der Waals surface area (Å²) in [6.07, 6.45) is 0.164. The van der Waals surface area contributed by atoms with Gasteiger partial charge in [0.25, 0.3) is 0 Å². The minimum atomic E-state index is -0.847. The summed E-state index contributed by atoms with van der Waals surface area (Å²) in [5.41, 5.74) is 5.04. The lowest BCUT2D eigenvalue weighted by molar-refractivity contribution is -0.0669. The van der Waals surface area contributed by atoms with Crippen molar-refractivity contribution in [3.63, 3.8) is 0 Å². The number of nitrogens with zero attached hydrogens (tertiary/aromatic N) is 1. The lowest BCUT2D eigenvalue weighted by atomic mass is 9.80. The number of anilines is 1. The first-order chi connectivity index (χ1) is 10.6. The Hall–Kier alpha value is -1.22. The summed E-state index contributed by atoms with van der Waals surface area (Å²) in [5, 5.41) is 14.6. The van der Waals surface area contributed by atoms with Crippen LogP contribution in [0.15, 0.2) is 5.38 Å². The summed E-state index contributed by atoms with van der Waals surface area (Å²) in [6, 6.07) is 0. The third kappa shape index (κ3) is 4.41. The molecule has 7 nitrogen and oxygen atoms in total. The number of hydrogen-bond acceptors (Lipinski definition) is 7. The number of aliphatic hydroxyl groups excluding tert-OH is 1. The largest absolute Gasteiger partial charge is 0.444 e. The minimum absolute atomic E-state index is 0.0292. The van der Waals surface area contributed by atoms with E-state index in [-0.39, 0.29) is 18.6 Å². The summed E-state index contributed by atoms with van der Waals surface area (Å²) in [5.74, 6) is 0.256. The normalized spacial score (nSPS) is 28.4. The van der Waals surface area contributed by atoms with Gasteiger partial charge in [-0.1, -0.05) is 0 Å². The number of thiazole rings is 1. The van der Waals surface area contributed by atoms with Gasteiger partial charge in [0.2, 0.25) is 0 Å². The van der Waals surface area contributed by atoms with Gasteiger partial charge in [-0.15, -0.1) is 11.3 Å². The van der Waals surface area contributed by atoms with Crippen molar-refractivity contribution in [3.05, 3.63) is 10.4 Å². The van der Waals surface area contributed by atoms with Crippen LogP contribution in [0.25, 0.3) is 0 Å². The van der Waals surface area contributed by atoms with Crippen LogP contribution in [0.1, 0.15) is 39.1 Å². The van der Waals surface area contributed by atoms with Crippen molar-refractivity contribution in [1.82, 2.24) is 4.98 Å². The summed E-state index contributed by atoms with van der Waals surface area (Å²) in [4.78, 5) is 16.2. The van der Waals surface area contributed by atoms with Crippen LogP contribution in [0.5, 0.6) is 0 Å². The lowest BCUT2D eigenvalue weighted by Gasteiger charge is -2.41. The first kappa shape index (κ1) is 18.1. The zero-order chi connectivity index (χ0) is 17.3. The Balaban J connectivity index is 2.10. The van der Waals surface area contributed by atoms with Gasteiger partial charge in [-0.05, 0) is 34.1 Å². The Morgan fingerprint density at radius 2 is 2.35 bits per heavy atom. The second-order valence-corrected chi connectivity index (χ2v) is 7.80. The molecule has 0 bridgehead atoms. The van der Waals surface area contributed by atoms with Gasteiger partial charge in [0, 0.05) is 17.9 Å². The molecule has 1 fully saturated rings. The van der Waals surface area contributed by atoms with Gasteiger partial charge >= 0.3 is 6.09 Å². The first-order valence-corrected chi connectivity index (χ1v) is 8.49. The summed E-state index contributed by atoms with van der Waals surface area (Å²) in [6.45, 7) is 7.60. The average Bonchev–Trinajstić information content (AvgIpc) is 2.88. The Labute approximate surface area is 140 Å². The predicted molar refractivity (Wildman–Crippen MR) is 88.4 cm³/mol. The minimum Gasteiger partial charge on any atom is -0.444 e. The Kier molecular flexibility index (Phi) is 5.30. The topological polar surface area (TPSA) is 107 Å². The van der Waals surface area contributed by atoms with E-state index < -0.39 is 17.2 Å². The third-order valence-electron chi connectivity index (χ3n) is 3.70. The molecular weight excluding hydrogens is 318 g/mol. The van der Waals surface area contributed by atoms with Crippen LogP contribution < -0.4 is 11.1 Å². The monoisotopic (exact) mass is 343 g/mol. The summed E-state index contributed by atoms with van der Waals surface area (Å²) < 4.78 is 10.9. The van der Waals surface area contributed by atoms with Gasteiger partial charge in [0.15, 0.2) is 0 Å². The van der Waals surface area contributed by atoms with E-state index in [1.54, 1.807) is 26.2 Å². The van der Waals surface area contributed by atoms with Gasteiger partial charge in [0.1, 0.15) is 16.4 Å². The Morgan fingerprint density at radius 1 is 1.65 bits per heavy atom. The van der Waals surface area contributed by atoms with E-state index in [0.29, 0.717) is 23.9 Å². The van der Waals surface area contributed by atoms with Gasteiger partial charge in [-0.3, -0.25) is 5.32 Å². The molecule has 1 aliphatic heterocycles. The number of amides is 1. The number of rotatable bonds is 3. The molecule has 130 valence electrons. The first-order valence-electron chi connectivity index (χ1n) is 7.61. The van der Waals surface area contributed by atoms with Crippen molar-refractivity contribution < 1.29 is 19.4 Å². The highest BCUT2D eigenvalue weighted by atomic mass is 32.1. The van der Waals surface area contributed by atoms with E-state index in [1.165, 1.54) is 11.3 Å². The number of ether oxygens (including phenoxy) is 2. The molecule has 23 heavy (non-hydrogen) atoms. The maximum Gasteiger partial charge on any atom is 0.413 e. The highest BCUT2D eigenvalue weighted by Gasteiger charge is 2.43. The van der Waals surface area contributed by atoms with Crippen LogP contribution >= 0.6 is 11.3 Å². The molecule has 2 rings (SSSR count). The number of carbonyl (C=O) groups is 1. The van der Waals surface area contributed by atoms with E-state index >= 15 is 0 Å². The molecule has 4 N–H and O–H groups in total. The number of aromatic nitrogens is 1. The average molecular weight is 343 g/mol. The fourth-order valence-corrected chi connectivity index (χ4v) is 3.43. The molecule has 0 radical (unpaired) electrons. The maximum atomic E-state index is 11.8. The van der Waals surface area contributed by atoms with Crippen molar-refractivity contribution >= 4 is 23.2 Å². The molecule has 1 amide bonds. The van der Waals surface area contributed by atoms with E-state index in [1.807, 2.05) is 6.92 Å². The quantitative estimate of drug-likeness (QED) is 0.775. The standard InChI is InChI=1S/C15H25N3O4S/c1-9-5-10(6-19)15(16,8-21-9)12-17-11(7-23-12)18-13(20)22-14(2,3)4/h7,9-10,19H,5-6,8,16H2,1-4H3,(H,18,20)/t9-,10-,15-/m0/s1. The third-order valence-corrected chi connectivity index (χ3v) is 4.74. The molecule has 8 heteroatoms. The van der Waals surface area contributed by atoms with Gasteiger partial charge in [-0.2, -0.15) is 0 Å². The highest BCUT2D eigenvalue weighted by Crippen LogP contribution is 2.37. The predicted octanol–water partition coefficient (Wildman–Crippen LogP) is 2.06. The van der Waals surface area contributed by atoms with Crippen LogP contribution in [0.3, 0.4) is 0 Å². The van der Waals surface area contributed by atoms with E-state index in [2.05, 4.69) is 10.3 Å². The number of carbonyl (C=O) groups excluding carboxylic acids is 1. The van der Waals surface area contributed by atoms with Crippen molar-refractivity contribution in [2.24, 2.45) is 11.7 Å². The Bertz CT molecular complexity index is 557. The zero-order valence-electron chi connectivity index (χ0n) is 14.0. The number of aliphatic hydroxyl groups is 1. The van der Waals surface area contributed by atoms with Crippen LogP contribution in [-0.4, -0.2) is 41.1 Å². The number of nitrogens with two attached hydrogens (primary N) is 1. The molecule has 1 aromatic rings.